The van der Waals surface area contributed by atoms with Crippen LogP contribution < -0.4 is 5.32 Å². The standard InChI is InChI=1S/C13H19N3O/c1-11(9-16-8-7-14-10-16)15-13(17)12-5-3-2-4-6-12/h2-3,7-8,10-12H,4-6,9H2,1H3,(H,15,17)/t11-,12+/m1/s1. The summed E-state index contributed by atoms with van der Waals surface area (Å²) in [5.74, 6) is 0.340. The first kappa shape index (κ1) is 11.9. The maximum atomic E-state index is 12.0. The molecule has 0 radical (unpaired) electrons. The van der Waals surface area contributed by atoms with Gasteiger partial charge in [0.15, 0.2) is 0 Å². The van der Waals surface area contributed by atoms with E-state index in [1.165, 1.54) is 0 Å². The van der Waals surface area contributed by atoms with E-state index in [1.807, 2.05) is 17.7 Å². The van der Waals surface area contributed by atoms with Crippen LogP contribution in [0, 0.1) is 5.92 Å². The van der Waals surface area contributed by atoms with E-state index in [4.69, 9.17) is 0 Å². The third-order valence-electron chi connectivity index (χ3n) is 3.07. The van der Waals surface area contributed by atoms with Crippen LogP contribution in [0.1, 0.15) is 26.2 Å². The van der Waals surface area contributed by atoms with Crippen LogP contribution in [0.5, 0.6) is 0 Å². The Morgan fingerprint density at radius 2 is 2.47 bits per heavy atom. The maximum absolute atomic E-state index is 12.0. The van der Waals surface area contributed by atoms with Crippen molar-refractivity contribution >= 4 is 5.91 Å². The Morgan fingerprint density at radius 3 is 3.12 bits per heavy atom. The number of imidazole rings is 1. The summed E-state index contributed by atoms with van der Waals surface area (Å²) < 4.78 is 1.98. The molecule has 4 heteroatoms. The van der Waals surface area contributed by atoms with Gasteiger partial charge in [-0.1, -0.05) is 12.2 Å². The average molecular weight is 233 g/mol. The van der Waals surface area contributed by atoms with Crippen LogP contribution in [-0.4, -0.2) is 21.5 Å². The summed E-state index contributed by atoms with van der Waals surface area (Å²) in [5, 5.41) is 3.07. The number of nitrogens with zero attached hydrogens (tertiary/aromatic N) is 2. The van der Waals surface area contributed by atoms with Crippen LogP contribution in [0.25, 0.3) is 0 Å². The Hall–Kier alpha value is -1.58. The Labute approximate surface area is 102 Å². The molecule has 0 aromatic carbocycles. The molecule has 1 aliphatic carbocycles. The van der Waals surface area contributed by atoms with Crippen LogP contribution in [0.3, 0.4) is 0 Å². The Morgan fingerprint density at radius 1 is 1.59 bits per heavy atom. The molecule has 1 amide bonds. The van der Waals surface area contributed by atoms with E-state index in [-0.39, 0.29) is 17.9 Å². The molecule has 0 saturated heterocycles. The number of hydrogen-bond donors (Lipinski definition) is 1. The molecule has 1 aromatic rings. The highest BCUT2D eigenvalue weighted by Crippen LogP contribution is 2.18. The van der Waals surface area contributed by atoms with Gasteiger partial charge in [0.25, 0.3) is 0 Å². The first-order valence-corrected chi connectivity index (χ1v) is 6.17. The van der Waals surface area contributed by atoms with Crippen LogP contribution in [0.15, 0.2) is 30.9 Å². The Balaban J connectivity index is 1.79. The number of carbonyl (C=O) groups excluding carboxylic acids is 1. The molecule has 2 atom stereocenters. The average Bonchev–Trinajstić information content (AvgIpc) is 2.82. The zero-order chi connectivity index (χ0) is 12.1. The van der Waals surface area contributed by atoms with Gasteiger partial charge in [-0.3, -0.25) is 4.79 Å². The second-order valence-electron chi connectivity index (χ2n) is 4.65. The van der Waals surface area contributed by atoms with Crippen molar-refractivity contribution in [1.82, 2.24) is 14.9 Å². The SMILES string of the molecule is C[C@H](Cn1ccnc1)NC(=O)[C@H]1CC=CCC1. The highest BCUT2D eigenvalue weighted by atomic mass is 16.1. The lowest BCUT2D eigenvalue weighted by atomic mass is 9.93. The molecular formula is C13H19N3O. The molecule has 0 saturated carbocycles. The molecule has 1 heterocycles. The fraction of sp³-hybridized carbons (Fsp3) is 0.538. The molecule has 1 aliphatic rings. The highest BCUT2D eigenvalue weighted by Gasteiger charge is 2.19. The number of aromatic nitrogens is 2. The molecule has 17 heavy (non-hydrogen) atoms. The predicted octanol–water partition coefficient (Wildman–Crippen LogP) is 1.74. The topological polar surface area (TPSA) is 46.9 Å². The number of rotatable bonds is 4. The summed E-state index contributed by atoms with van der Waals surface area (Å²) in [4.78, 5) is 16.0. The second-order valence-corrected chi connectivity index (χ2v) is 4.65. The van der Waals surface area contributed by atoms with E-state index in [9.17, 15) is 4.79 Å². The minimum absolute atomic E-state index is 0.141. The van der Waals surface area contributed by atoms with Gasteiger partial charge in [-0.2, -0.15) is 0 Å². The summed E-state index contributed by atoms with van der Waals surface area (Å²) in [5.41, 5.74) is 0. The third-order valence-corrected chi connectivity index (χ3v) is 3.07. The van der Waals surface area contributed by atoms with Gasteiger partial charge in [-0.25, -0.2) is 4.98 Å². The largest absolute Gasteiger partial charge is 0.352 e. The number of amides is 1. The number of hydrogen-bond acceptors (Lipinski definition) is 2. The van der Waals surface area contributed by atoms with Crippen molar-refractivity contribution < 1.29 is 4.79 Å². The molecule has 0 fully saturated rings. The normalized spacial score (nSPS) is 21.1. The summed E-state index contributed by atoms with van der Waals surface area (Å²) in [7, 11) is 0. The summed E-state index contributed by atoms with van der Waals surface area (Å²) in [6, 6.07) is 0.141. The molecule has 0 unspecified atom stereocenters. The summed E-state index contributed by atoms with van der Waals surface area (Å²) >= 11 is 0. The highest BCUT2D eigenvalue weighted by molar-refractivity contribution is 5.79. The van der Waals surface area contributed by atoms with Gasteiger partial charge in [-0.15, -0.1) is 0 Å². The minimum Gasteiger partial charge on any atom is -0.352 e. The summed E-state index contributed by atoms with van der Waals surface area (Å²) in [6.45, 7) is 2.80. The van der Waals surface area contributed by atoms with E-state index in [0.29, 0.717) is 0 Å². The van der Waals surface area contributed by atoms with Crippen LogP contribution in [0.2, 0.25) is 0 Å². The lowest BCUT2D eigenvalue weighted by Gasteiger charge is -2.21. The number of nitrogens with one attached hydrogen (secondary N) is 1. The molecule has 1 aromatic heterocycles. The summed E-state index contributed by atoms with van der Waals surface area (Å²) in [6.07, 6.45) is 12.6. The van der Waals surface area contributed by atoms with Crippen LogP contribution in [-0.2, 0) is 11.3 Å². The van der Waals surface area contributed by atoms with Crippen LogP contribution >= 0.6 is 0 Å². The Bertz CT molecular complexity index is 383. The first-order chi connectivity index (χ1) is 8.25. The van der Waals surface area contributed by atoms with Crippen molar-refractivity contribution in [3.8, 4) is 0 Å². The monoisotopic (exact) mass is 233 g/mol. The van der Waals surface area contributed by atoms with Crippen LogP contribution in [0.4, 0.5) is 0 Å². The molecule has 1 N–H and O–H groups in total. The van der Waals surface area contributed by atoms with Crippen molar-refractivity contribution in [2.75, 3.05) is 0 Å². The number of allylic oxidation sites excluding steroid dienone is 2. The first-order valence-electron chi connectivity index (χ1n) is 6.17. The van der Waals surface area contributed by atoms with Crippen molar-refractivity contribution in [3.63, 3.8) is 0 Å². The van der Waals surface area contributed by atoms with Crippen molar-refractivity contribution in [1.29, 1.82) is 0 Å². The lowest BCUT2D eigenvalue weighted by Crippen LogP contribution is -2.39. The zero-order valence-electron chi connectivity index (χ0n) is 10.2. The molecule has 0 spiro atoms. The van der Waals surface area contributed by atoms with Gasteiger partial charge in [0.05, 0.1) is 6.33 Å². The molecule has 4 nitrogen and oxygen atoms in total. The predicted molar refractivity (Wildman–Crippen MR) is 66.3 cm³/mol. The van der Waals surface area contributed by atoms with E-state index in [1.54, 1.807) is 12.5 Å². The molecule has 0 bridgehead atoms. The van der Waals surface area contributed by atoms with Crippen molar-refractivity contribution in [2.45, 2.75) is 38.8 Å². The Kier molecular flexibility index (Phi) is 3.96. The minimum atomic E-state index is 0.141. The van der Waals surface area contributed by atoms with Gasteiger partial charge < -0.3 is 9.88 Å². The molecule has 0 aliphatic heterocycles. The smallest absolute Gasteiger partial charge is 0.223 e. The van der Waals surface area contributed by atoms with E-state index >= 15 is 0 Å². The quantitative estimate of drug-likeness (QED) is 0.805. The molecule has 2 rings (SSSR count). The fourth-order valence-corrected chi connectivity index (χ4v) is 2.15. The fourth-order valence-electron chi connectivity index (χ4n) is 2.15. The molecule has 92 valence electrons. The second kappa shape index (κ2) is 5.66. The molecular weight excluding hydrogens is 214 g/mol. The maximum Gasteiger partial charge on any atom is 0.223 e. The third kappa shape index (κ3) is 3.44. The van der Waals surface area contributed by atoms with E-state index < -0.39 is 0 Å². The van der Waals surface area contributed by atoms with Gasteiger partial charge >= 0.3 is 0 Å². The lowest BCUT2D eigenvalue weighted by molar-refractivity contribution is -0.125. The van der Waals surface area contributed by atoms with Gasteiger partial charge in [0.1, 0.15) is 0 Å². The zero-order valence-corrected chi connectivity index (χ0v) is 10.2. The van der Waals surface area contributed by atoms with Crippen molar-refractivity contribution in [3.05, 3.63) is 30.9 Å². The van der Waals surface area contributed by atoms with E-state index in [0.717, 1.165) is 25.8 Å². The van der Waals surface area contributed by atoms with Crippen molar-refractivity contribution in [2.24, 2.45) is 5.92 Å². The van der Waals surface area contributed by atoms with Gasteiger partial charge in [-0.05, 0) is 26.2 Å². The van der Waals surface area contributed by atoms with Gasteiger partial charge in [0.2, 0.25) is 5.91 Å². The van der Waals surface area contributed by atoms with Gasteiger partial charge in [0, 0.05) is 30.9 Å². The number of carbonyl (C=O) groups is 1. The van der Waals surface area contributed by atoms with E-state index in [2.05, 4.69) is 22.5 Å².